The van der Waals surface area contributed by atoms with Crippen molar-refractivity contribution in [3.63, 3.8) is 0 Å². The van der Waals surface area contributed by atoms with Crippen LogP contribution in [-0.2, 0) is 17.8 Å². The zero-order chi connectivity index (χ0) is 34.8. The molecule has 11 heteroatoms. The number of likely N-dealkylation sites (N-methyl/N-ethyl adjacent to an activating group) is 1. The van der Waals surface area contributed by atoms with E-state index in [1.165, 1.54) is 12.1 Å². The van der Waals surface area contributed by atoms with E-state index in [-0.39, 0.29) is 30.2 Å². The number of ether oxygens (including phenoxy) is 1. The molecule has 1 heterocycles. The normalized spacial score (nSPS) is 12.3. The van der Waals surface area contributed by atoms with Crippen LogP contribution in [0.2, 0.25) is 0 Å². The Kier molecular flexibility index (Phi) is 11.6. The van der Waals surface area contributed by atoms with Crippen LogP contribution in [0.4, 0.5) is 4.79 Å². The van der Waals surface area contributed by atoms with E-state index in [9.17, 15) is 29.7 Å². The first-order valence-electron chi connectivity index (χ1n) is 16.0. The second-order valence-corrected chi connectivity index (χ2v) is 11.8. The minimum absolute atomic E-state index is 0.00616. The summed E-state index contributed by atoms with van der Waals surface area (Å²) in [6.07, 6.45) is -1.01. The van der Waals surface area contributed by atoms with Crippen molar-refractivity contribution in [1.29, 1.82) is 0 Å². The van der Waals surface area contributed by atoms with Gasteiger partial charge in [-0.15, -0.1) is 0 Å². The zero-order valence-electron chi connectivity index (χ0n) is 27.1. The third-order valence-corrected chi connectivity index (χ3v) is 8.25. The molecule has 4 aromatic carbocycles. The number of amides is 2. The van der Waals surface area contributed by atoms with Gasteiger partial charge in [0.25, 0.3) is 0 Å². The number of aromatic nitrogens is 1. The lowest BCUT2D eigenvalue weighted by Gasteiger charge is -2.19. The Balaban J connectivity index is 1.05. The standard InChI is InChI=1S/C38H40N4O7/c1-42(20-6-19-39-23-33(44)30-15-17-32(43)37-31(30)16-18-34(45)40-37)35(46)21-25-11-13-26(14-12-25)24-49-29-10-5-9-28(22-29)36(41-38(47)48)27-7-3-2-4-8-27/h2-5,7-18,22,33,36,39,41,43-44H,6,19-21,23-24H2,1H3,(H,40,45)(H,47,48)/t33?,36-/m0/s1. The molecule has 0 saturated carbocycles. The fourth-order valence-electron chi connectivity index (χ4n) is 5.61. The van der Waals surface area contributed by atoms with Gasteiger partial charge >= 0.3 is 6.09 Å². The molecule has 2 atom stereocenters. The molecule has 49 heavy (non-hydrogen) atoms. The molecule has 6 N–H and O–H groups in total. The second kappa shape index (κ2) is 16.4. The van der Waals surface area contributed by atoms with Crippen molar-refractivity contribution in [2.24, 2.45) is 0 Å². The maximum Gasteiger partial charge on any atom is 0.405 e. The largest absolute Gasteiger partial charge is 0.506 e. The maximum atomic E-state index is 12.9. The van der Waals surface area contributed by atoms with Gasteiger partial charge in [-0.2, -0.15) is 0 Å². The van der Waals surface area contributed by atoms with Crippen LogP contribution in [0.3, 0.4) is 0 Å². The predicted octanol–water partition coefficient (Wildman–Crippen LogP) is 4.88. The second-order valence-electron chi connectivity index (χ2n) is 11.8. The number of H-pyrrole nitrogens is 1. The first kappa shape index (κ1) is 34.7. The summed E-state index contributed by atoms with van der Waals surface area (Å²) in [7, 11) is 1.77. The number of pyridine rings is 1. The number of phenolic OH excluding ortho intramolecular Hbond substituents is 1. The van der Waals surface area contributed by atoms with Gasteiger partial charge in [0.05, 0.1) is 24.1 Å². The number of phenols is 1. The molecule has 0 aliphatic rings. The first-order valence-corrected chi connectivity index (χ1v) is 16.0. The van der Waals surface area contributed by atoms with Crippen molar-refractivity contribution >= 4 is 22.9 Å². The average Bonchev–Trinajstić information content (AvgIpc) is 3.10. The first-order chi connectivity index (χ1) is 23.7. The van der Waals surface area contributed by atoms with Crippen LogP contribution in [0.25, 0.3) is 10.9 Å². The van der Waals surface area contributed by atoms with Crippen LogP contribution in [0.15, 0.2) is 108 Å². The van der Waals surface area contributed by atoms with E-state index in [2.05, 4.69) is 15.6 Å². The Hall–Kier alpha value is -5.65. The molecule has 0 aliphatic heterocycles. The Labute approximate surface area is 283 Å². The molecule has 0 radical (unpaired) electrons. The molecule has 2 amide bonds. The van der Waals surface area contributed by atoms with Gasteiger partial charge in [0, 0.05) is 31.6 Å². The monoisotopic (exact) mass is 664 g/mol. The minimum Gasteiger partial charge on any atom is -0.506 e. The highest BCUT2D eigenvalue weighted by Crippen LogP contribution is 2.29. The van der Waals surface area contributed by atoms with E-state index in [1.807, 2.05) is 78.9 Å². The molecular formula is C38H40N4O7. The number of carboxylic acid groups (broad SMARTS) is 1. The third-order valence-electron chi connectivity index (χ3n) is 8.25. The Morgan fingerprint density at radius 2 is 1.63 bits per heavy atom. The smallest absolute Gasteiger partial charge is 0.405 e. The quantitative estimate of drug-likeness (QED) is 0.0863. The van der Waals surface area contributed by atoms with Crippen LogP contribution in [-0.4, -0.2) is 63.9 Å². The lowest BCUT2D eigenvalue weighted by Crippen LogP contribution is -2.31. The number of aromatic hydroxyl groups is 1. The van der Waals surface area contributed by atoms with Crippen LogP contribution in [0.1, 0.15) is 46.4 Å². The molecule has 1 aromatic heterocycles. The van der Waals surface area contributed by atoms with E-state index in [0.717, 1.165) is 22.3 Å². The molecule has 1 unspecified atom stereocenters. The van der Waals surface area contributed by atoms with Crippen molar-refractivity contribution in [3.8, 4) is 11.5 Å². The van der Waals surface area contributed by atoms with Gasteiger partial charge in [0.1, 0.15) is 18.1 Å². The lowest BCUT2D eigenvalue weighted by atomic mass is 9.98. The highest BCUT2D eigenvalue weighted by atomic mass is 16.5. The average molecular weight is 665 g/mol. The SMILES string of the molecule is CN(CCCNCC(O)c1ccc(O)c2[nH]c(=O)ccc12)C(=O)Cc1ccc(COc2cccc([C@@H](NC(=O)O)c3ccccc3)c2)cc1. The highest BCUT2D eigenvalue weighted by molar-refractivity contribution is 5.87. The number of carbonyl (C=O) groups is 2. The van der Waals surface area contributed by atoms with Crippen molar-refractivity contribution < 1.29 is 29.6 Å². The van der Waals surface area contributed by atoms with Crippen LogP contribution >= 0.6 is 0 Å². The van der Waals surface area contributed by atoms with E-state index >= 15 is 0 Å². The van der Waals surface area contributed by atoms with Gasteiger partial charge < -0.3 is 40.6 Å². The van der Waals surface area contributed by atoms with E-state index < -0.39 is 18.2 Å². The van der Waals surface area contributed by atoms with Crippen LogP contribution < -0.4 is 20.9 Å². The van der Waals surface area contributed by atoms with Crippen molar-refractivity contribution in [2.75, 3.05) is 26.7 Å². The number of nitrogens with one attached hydrogen (secondary N) is 3. The Morgan fingerprint density at radius 1 is 0.898 bits per heavy atom. The van der Waals surface area contributed by atoms with E-state index in [1.54, 1.807) is 24.1 Å². The topological polar surface area (TPSA) is 164 Å². The Morgan fingerprint density at radius 3 is 2.39 bits per heavy atom. The third kappa shape index (κ3) is 9.47. The fourth-order valence-corrected chi connectivity index (χ4v) is 5.61. The van der Waals surface area contributed by atoms with Gasteiger partial charge in [-0.25, -0.2) is 4.79 Å². The summed E-state index contributed by atoms with van der Waals surface area (Å²) in [4.78, 5) is 40.3. The number of aliphatic hydroxyl groups is 1. The number of benzene rings is 4. The number of hydrogen-bond donors (Lipinski definition) is 6. The predicted molar refractivity (Wildman–Crippen MR) is 187 cm³/mol. The molecule has 0 fully saturated rings. The molecule has 0 aliphatic carbocycles. The van der Waals surface area contributed by atoms with Gasteiger partial charge in [0.2, 0.25) is 11.5 Å². The van der Waals surface area contributed by atoms with Crippen molar-refractivity contribution in [2.45, 2.75) is 31.6 Å². The molecule has 11 nitrogen and oxygen atoms in total. The molecule has 5 rings (SSSR count). The lowest BCUT2D eigenvalue weighted by molar-refractivity contribution is -0.129. The molecule has 0 spiro atoms. The number of carbonyl (C=O) groups excluding carboxylic acids is 1. The number of fused-ring (bicyclic) bond motifs is 1. The van der Waals surface area contributed by atoms with Gasteiger partial charge in [0.15, 0.2) is 0 Å². The summed E-state index contributed by atoms with van der Waals surface area (Å²) in [5, 5.41) is 36.5. The minimum atomic E-state index is -1.11. The number of aromatic amines is 1. The van der Waals surface area contributed by atoms with Crippen molar-refractivity contribution in [3.05, 3.63) is 141 Å². The zero-order valence-corrected chi connectivity index (χ0v) is 27.1. The summed E-state index contributed by atoms with van der Waals surface area (Å²) in [6, 6.07) is 29.9. The fraction of sp³-hybridized carbons (Fsp3) is 0.237. The summed E-state index contributed by atoms with van der Waals surface area (Å²) in [6.45, 7) is 1.71. The van der Waals surface area contributed by atoms with Crippen molar-refractivity contribution in [1.82, 2.24) is 20.5 Å². The summed E-state index contributed by atoms with van der Waals surface area (Å²) < 4.78 is 6.02. The van der Waals surface area contributed by atoms with Crippen LogP contribution in [0.5, 0.6) is 11.5 Å². The Bertz CT molecular complexity index is 1930. The van der Waals surface area contributed by atoms with Gasteiger partial charge in [-0.3, -0.25) is 9.59 Å². The summed E-state index contributed by atoms with van der Waals surface area (Å²) in [5.41, 5.74) is 3.96. The highest BCUT2D eigenvalue weighted by Gasteiger charge is 2.17. The molecule has 5 aromatic rings. The molecule has 254 valence electrons. The molecular weight excluding hydrogens is 624 g/mol. The van der Waals surface area contributed by atoms with Crippen LogP contribution in [0, 0.1) is 0 Å². The number of rotatable bonds is 15. The van der Waals surface area contributed by atoms with E-state index in [0.29, 0.717) is 48.3 Å². The van der Waals surface area contributed by atoms with Gasteiger partial charge in [-0.05, 0) is 65.0 Å². The van der Waals surface area contributed by atoms with Gasteiger partial charge in [-0.1, -0.05) is 72.8 Å². The number of aliphatic hydroxyl groups excluding tert-OH is 1. The summed E-state index contributed by atoms with van der Waals surface area (Å²) in [5.74, 6) is 0.550. The van der Waals surface area contributed by atoms with E-state index in [4.69, 9.17) is 4.74 Å². The number of nitrogens with zero attached hydrogens (tertiary/aromatic N) is 1. The number of hydrogen-bond acceptors (Lipinski definition) is 7. The summed E-state index contributed by atoms with van der Waals surface area (Å²) >= 11 is 0. The maximum absolute atomic E-state index is 12.9. The molecule has 0 saturated heterocycles. The molecule has 0 bridgehead atoms.